The number of hydrogen-bond donors (Lipinski definition) is 3. The van der Waals surface area contributed by atoms with E-state index in [4.69, 9.17) is 5.11 Å². The lowest BCUT2D eigenvalue weighted by molar-refractivity contribution is 0.198. The molecule has 1 aliphatic heterocycles. The molecule has 1 aliphatic rings. The second kappa shape index (κ2) is 6.36. The SMILES string of the molecule is O=C(NCCc1c[nH]c2cc(F)ccc12)N1CCC(CO)C1. The third-order valence-electron chi connectivity index (χ3n) is 4.23. The van der Waals surface area contributed by atoms with Gasteiger partial charge in [-0.1, -0.05) is 0 Å². The van der Waals surface area contributed by atoms with Crippen LogP contribution in [0.25, 0.3) is 10.9 Å². The van der Waals surface area contributed by atoms with E-state index < -0.39 is 0 Å². The number of likely N-dealkylation sites (tertiary alicyclic amines) is 1. The molecule has 1 atom stereocenters. The van der Waals surface area contributed by atoms with Crippen LogP contribution in [0.15, 0.2) is 24.4 Å². The Morgan fingerprint density at radius 1 is 1.50 bits per heavy atom. The average molecular weight is 305 g/mol. The lowest BCUT2D eigenvalue weighted by Crippen LogP contribution is -2.39. The first kappa shape index (κ1) is 14.8. The molecule has 2 amide bonds. The minimum absolute atomic E-state index is 0.0816. The van der Waals surface area contributed by atoms with Gasteiger partial charge >= 0.3 is 6.03 Å². The van der Waals surface area contributed by atoms with E-state index in [1.54, 1.807) is 11.0 Å². The maximum atomic E-state index is 13.1. The largest absolute Gasteiger partial charge is 0.396 e. The number of aliphatic hydroxyl groups is 1. The smallest absolute Gasteiger partial charge is 0.317 e. The van der Waals surface area contributed by atoms with Crippen LogP contribution in [0.3, 0.4) is 0 Å². The van der Waals surface area contributed by atoms with Gasteiger partial charge in [-0.2, -0.15) is 0 Å². The van der Waals surface area contributed by atoms with Crippen LogP contribution < -0.4 is 5.32 Å². The van der Waals surface area contributed by atoms with Crippen molar-refractivity contribution in [3.63, 3.8) is 0 Å². The van der Waals surface area contributed by atoms with Crippen molar-refractivity contribution < 1.29 is 14.3 Å². The molecule has 1 aromatic carbocycles. The number of H-pyrrole nitrogens is 1. The molecule has 3 rings (SSSR count). The first-order valence-corrected chi connectivity index (χ1v) is 7.56. The van der Waals surface area contributed by atoms with Crippen molar-refractivity contribution in [2.24, 2.45) is 5.92 Å². The summed E-state index contributed by atoms with van der Waals surface area (Å²) in [6.45, 7) is 1.98. The van der Waals surface area contributed by atoms with Gasteiger partial charge in [-0.05, 0) is 36.6 Å². The number of benzene rings is 1. The number of rotatable bonds is 4. The maximum absolute atomic E-state index is 13.1. The molecule has 0 spiro atoms. The third-order valence-corrected chi connectivity index (χ3v) is 4.23. The number of nitrogens with one attached hydrogen (secondary N) is 2. The molecular weight excluding hydrogens is 285 g/mol. The molecule has 1 saturated heterocycles. The molecule has 0 saturated carbocycles. The zero-order valence-electron chi connectivity index (χ0n) is 12.3. The Labute approximate surface area is 128 Å². The molecule has 0 radical (unpaired) electrons. The van der Waals surface area contributed by atoms with Gasteiger partial charge in [0, 0.05) is 49.3 Å². The van der Waals surface area contributed by atoms with Gasteiger partial charge in [0.2, 0.25) is 0 Å². The van der Waals surface area contributed by atoms with Crippen LogP contribution in [0.1, 0.15) is 12.0 Å². The predicted molar refractivity (Wildman–Crippen MR) is 82.1 cm³/mol. The van der Waals surface area contributed by atoms with E-state index in [1.807, 2.05) is 6.20 Å². The summed E-state index contributed by atoms with van der Waals surface area (Å²) >= 11 is 0. The number of fused-ring (bicyclic) bond motifs is 1. The van der Waals surface area contributed by atoms with E-state index in [0.29, 0.717) is 26.1 Å². The van der Waals surface area contributed by atoms with E-state index in [0.717, 1.165) is 22.9 Å². The van der Waals surface area contributed by atoms with Crippen LogP contribution in [0.5, 0.6) is 0 Å². The minimum Gasteiger partial charge on any atom is -0.396 e. The highest BCUT2D eigenvalue weighted by Crippen LogP contribution is 2.19. The number of amides is 2. The summed E-state index contributed by atoms with van der Waals surface area (Å²) < 4.78 is 13.1. The van der Waals surface area contributed by atoms with Gasteiger partial charge in [-0.15, -0.1) is 0 Å². The Bertz CT molecular complexity index is 670. The molecule has 0 bridgehead atoms. The molecule has 1 unspecified atom stereocenters. The number of aromatic amines is 1. The van der Waals surface area contributed by atoms with Gasteiger partial charge in [-0.3, -0.25) is 0 Å². The minimum atomic E-state index is -0.262. The Morgan fingerprint density at radius 3 is 3.14 bits per heavy atom. The van der Waals surface area contributed by atoms with Crippen molar-refractivity contribution in [1.29, 1.82) is 0 Å². The fraction of sp³-hybridized carbons (Fsp3) is 0.438. The number of carbonyl (C=O) groups excluding carboxylic acids is 1. The fourth-order valence-corrected chi connectivity index (χ4v) is 2.95. The van der Waals surface area contributed by atoms with Gasteiger partial charge in [0.15, 0.2) is 0 Å². The zero-order chi connectivity index (χ0) is 15.5. The standard InChI is InChI=1S/C16H20FN3O2/c17-13-1-2-14-12(8-19-15(14)7-13)3-5-18-16(22)20-6-4-11(9-20)10-21/h1-2,7-8,11,19,21H,3-6,9-10H2,(H,18,22). The number of aromatic nitrogens is 1. The molecule has 2 aromatic rings. The first-order chi connectivity index (χ1) is 10.7. The molecule has 0 aliphatic carbocycles. The van der Waals surface area contributed by atoms with Gasteiger partial charge in [-0.25, -0.2) is 9.18 Å². The van der Waals surface area contributed by atoms with E-state index in [9.17, 15) is 9.18 Å². The lowest BCUT2D eigenvalue weighted by atomic mass is 10.1. The highest BCUT2D eigenvalue weighted by atomic mass is 19.1. The molecule has 22 heavy (non-hydrogen) atoms. The normalized spacial score (nSPS) is 18.1. The van der Waals surface area contributed by atoms with Crippen LogP contribution in [-0.4, -0.2) is 47.3 Å². The lowest BCUT2D eigenvalue weighted by Gasteiger charge is -2.16. The highest BCUT2D eigenvalue weighted by molar-refractivity contribution is 5.83. The average Bonchev–Trinajstić information content (AvgIpc) is 3.14. The quantitative estimate of drug-likeness (QED) is 0.807. The molecule has 6 heteroatoms. The Hall–Kier alpha value is -2.08. The van der Waals surface area contributed by atoms with E-state index in [-0.39, 0.29) is 24.4 Å². The van der Waals surface area contributed by atoms with Crippen LogP contribution >= 0.6 is 0 Å². The van der Waals surface area contributed by atoms with Crippen LogP contribution in [-0.2, 0) is 6.42 Å². The zero-order valence-corrected chi connectivity index (χ0v) is 12.3. The Morgan fingerprint density at radius 2 is 2.36 bits per heavy atom. The molecule has 3 N–H and O–H groups in total. The van der Waals surface area contributed by atoms with E-state index in [2.05, 4.69) is 10.3 Å². The fourth-order valence-electron chi connectivity index (χ4n) is 2.95. The molecule has 118 valence electrons. The van der Waals surface area contributed by atoms with Gasteiger partial charge < -0.3 is 20.3 Å². The molecule has 2 heterocycles. The van der Waals surface area contributed by atoms with E-state index >= 15 is 0 Å². The van der Waals surface area contributed by atoms with Crippen LogP contribution in [0, 0.1) is 11.7 Å². The molecule has 1 fully saturated rings. The molecular formula is C16H20FN3O2. The molecule has 5 nitrogen and oxygen atoms in total. The molecule has 1 aromatic heterocycles. The van der Waals surface area contributed by atoms with Crippen molar-refractivity contribution in [3.05, 3.63) is 35.8 Å². The number of carbonyl (C=O) groups is 1. The van der Waals surface area contributed by atoms with Gasteiger partial charge in [0.05, 0.1) is 0 Å². The summed E-state index contributed by atoms with van der Waals surface area (Å²) in [5.74, 6) is -0.0593. The second-order valence-electron chi connectivity index (χ2n) is 5.77. The number of hydrogen-bond acceptors (Lipinski definition) is 2. The monoisotopic (exact) mass is 305 g/mol. The first-order valence-electron chi connectivity index (χ1n) is 7.56. The third kappa shape index (κ3) is 3.06. The van der Waals surface area contributed by atoms with Crippen molar-refractivity contribution in [1.82, 2.24) is 15.2 Å². The van der Waals surface area contributed by atoms with E-state index in [1.165, 1.54) is 12.1 Å². The predicted octanol–water partition coefficient (Wildman–Crippen LogP) is 1.87. The van der Waals surface area contributed by atoms with Crippen LogP contribution in [0.4, 0.5) is 9.18 Å². The summed E-state index contributed by atoms with van der Waals surface area (Å²) in [7, 11) is 0. The van der Waals surface area contributed by atoms with Crippen molar-refractivity contribution in [2.45, 2.75) is 12.8 Å². The summed E-state index contributed by atoms with van der Waals surface area (Å²) in [4.78, 5) is 16.8. The number of aliphatic hydroxyl groups excluding tert-OH is 1. The number of nitrogens with zero attached hydrogens (tertiary/aromatic N) is 1. The summed E-state index contributed by atoms with van der Waals surface area (Å²) in [6.07, 6.45) is 3.40. The second-order valence-corrected chi connectivity index (χ2v) is 5.77. The Kier molecular flexibility index (Phi) is 4.29. The van der Waals surface area contributed by atoms with Crippen molar-refractivity contribution in [3.8, 4) is 0 Å². The summed E-state index contributed by atoms with van der Waals surface area (Å²) in [5.41, 5.74) is 1.83. The Balaban J connectivity index is 1.53. The van der Waals surface area contributed by atoms with Crippen LogP contribution in [0.2, 0.25) is 0 Å². The number of urea groups is 1. The summed E-state index contributed by atoms with van der Waals surface area (Å²) in [6, 6.07) is 4.58. The van der Waals surface area contributed by atoms with Gasteiger partial charge in [0.1, 0.15) is 5.82 Å². The van der Waals surface area contributed by atoms with Gasteiger partial charge in [0.25, 0.3) is 0 Å². The highest BCUT2D eigenvalue weighted by Gasteiger charge is 2.25. The summed E-state index contributed by atoms with van der Waals surface area (Å²) in [5, 5.41) is 13.0. The number of halogens is 1. The van der Waals surface area contributed by atoms with Crippen molar-refractivity contribution in [2.75, 3.05) is 26.2 Å². The maximum Gasteiger partial charge on any atom is 0.317 e. The van der Waals surface area contributed by atoms with Crippen molar-refractivity contribution >= 4 is 16.9 Å². The topological polar surface area (TPSA) is 68.4 Å².